The van der Waals surface area contributed by atoms with Gasteiger partial charge in [0, 0.05) is 30.5 Å². The van der Waals surface area contributed by atoms with Crippen molar-refractivity contribution in [1.82, 2.24) is 15.3 Å². The third-order valence-electron chi connectivity index (χ3n) is 4.15. The number of urea groups is 1. The molecule has 3 rings (SSSR count). The molecule has 0 atom stereocenters. The number of carbonyl (C=O) groups excluding carboxylic acids is 1. The first-order valence-corrected chi connectivity index (χ1v) is 8.42. The Morgan fingerprint density at radius 3 is 2.68 bits per heavy atom. The Bertz CT molecular complexity index is 774. The van der Waals surface area contributed by atoms with E-state index < -0.39 is 6.03 Å². The fraction of sp³-hybridized carbons (Fsp3) is 0.389. The van der Waals surface area contributed by atoms with Crippen molar-refractivity contribution in [2.45, 2.75) is 33.2 Å². The summed E-state index contributed by atoms with van der Waals surface area (Å²) < 4.78 is 13.5. The second-order valence-corrected chi connectivity index (χ2v) is 6.25. The van der Waals surface area contributed by atoms with Gasteiger partial charge in [-0.15, -0.1) is 0 Å². The molecule has 132 valence electrons. The molecule has 6 nitrogen and oxygen atoms in total. The maximum Gasteiger partial charge on any atom is 0.319 e. The maximum absolute atomic E-state index is 13.5. The van der Waals surface area contributed by atoms with Crippen molar-refractivity contribution in [3.8, 4) is 0 Å². The average Bonchev–Trinajstić information content (AvgIpc) is 3.10. The number of benzene rings is 1. The van der Waals surface area contributed by atoms with Gasteiger partial charge in [-0.1, -0.05) is 6.07 Å². The number of halogens is 1. The molecule has 0 radical (unpaired) electrons. The number of rotatable bonds is 4. The summed E-state index contributed by atoms with van der Waals surface area (Å²) >= 11 is 0. The van der Waals surface area contributed by atoms with Crippen LogP contribution in [0, 0.1) is 19.7 Å². The summed E-state index contributed by atoms with van der Waals surface area (Å²) in [5, 5.41) is 5.32. The van der Waals surface area contributed by atoms with Crippen LogP contribution >= 0.6 is 0 Å². The molecule has 25 heavy (non-hydrogen) atoms. The lowest BCUT2D eigenvalue weighted by molar-refractivity contribution is 0.251. The van der Waals surface area contributed by atoms with Gasteiger partial charge in [0.2, 0.25) is 0 Å². The third-order valence-corrected chi connectivity index (χ3v) is 4.15. The Morgan fingerprint density at radius 2 is 1.96 bits per heavy atom. The molecule has 1 saturated heterocycles. The summed E-state index contributed by atoms with van der Waals surface area (Å²) in [4.78, 5) is 23.1. The molecule has 1 fully saturated rings. The van der Waals surface area contributed by atoms with E-state index in [9.17, 15) is 9.18 Å². The maximum atomic E-state index is 13.5. The van der Waals surface area contributed by atoms with E-state index >= 15 is 0 Å². The normalized spacial score (nSPS) is 13.8. The summed E-state index contributed by atoms with van der Waals surface area (Å²) in [6.07, 6.45) is 2.35. The third kappa shape index (κ3) is 4.43. The predicted molar refractivity (Wildman–Crippen MR) is 95.2 cm³/mol. The molecule has 1 aromatic heterocycles. The molecule has 1 aliphatic heterocycles. The van der Waals surface area contributed by atoms with E-state index in [1.807, 2.05) is 13.0 Å². The number of nitrogens with one attached hydrogen (secondary N) is 2. The lowest BCUT2D eigenvalue weighted by Gasteiger charge is -2.17. The van der Waals surface area contributed by atoms with Crippen LogP contribution in [0.25, 0.3) is 0 Å². The Labute approximate surface area is 146 Å². The van der Waals surface area contributed by atoms with Crippen molar-refractivity contribution in [3.05, 3.63) is 47.2 Å². The monoisotopic (exact) mass is 343 g/mol. The highest BCUT2D eigenvalue weighted by atomic mass is 19.1. The number of anilines is 2. The zero-order valence-corrected chi connectivity index (χ0v) is 14.5. The summed E-state index contributed by atoms with van der Waals surface area (Å²) in [6, 6.07) is 6.12. The first-order chi connectivity index (χ1) is 12.0. The van der Waals surface area contributed by atoms with Gasteiger partial charge in [0.05, 0.1) is 6.54 Å². The van der Waals surface area contributed by atoms with Crippen molar-refractivity contribution in [2.75, 3.05) is 23.3 Å². The highest BCUT2D eigenvalue weighted by Crippen LogP contribution is 2.18. The Morgan fingerprint density at radius 1 is 1.20 bits per heavy atom. The first kappa shape index (κ1) is 17.1. The Balaban J connectivity index is 1.60. The molecule has 2 aromatic rings. The van der Waals surface area contributed by atoms with Crippen molar-refractivity contribution < 1.29 is 9.18 Å². The Kier molecular flexibility index (Phi) is 5.11. The molecule has 1 aromatic carbocycles. The smallest absolute Gasteiger partial charge is 0.319 e. The number of hydrogen-bond acceptors (Lipinski definition) is 4. The quantitative estimate of drug-likeness (QED) is 0.895. The van der Waals surface area contributed by atoms with Crippen LogP contribution in [0.5, 0.6) is 0 Å². The topological polar surface area (TPSA) is 70.2 Å². The number of hydrogen-bond donors (Lipinski definition) is 2. The lowest BCUT2D eigenvalue weighted by atomic mass is 10.2. The number of aryl methyl sites for hydroxylation is 2. The van der Waals surface area contributed by atoms with Crippen LogP contribution in [0.4, 0.5) is 20.7 Å². The fourth-order valence-corrected chi connectivity index (χ4v) is 2.80. The van der Waals surface area contributed by atoms with Crippen molar-refractivity contribution in [2.24, 2.45) is 0 Å². The van der Waals surface area contributed by atoms with Gasteiger partial charge in [0.1, 0.15) is 17.5 Å². The van der Waals surface area contributed by atoms with Crippen molar-refractivity contribution >= 4 is 17.5 Å². The minimum Gasteiger partial charge on any atom is -0.357 e. The average molecular weight is 343 g/mol. The molecule has 0 bridgehead atoms. The van der Waals surface area contributed by atoms with Gasteiger partial charge in [-0.3, -0.25) is 0 Å². The molecule has 2 heterocycles. The summed E-state index contributed by atoms with van der Waals surface area (Å²) in [6.45, 7) is 5.81. The summed E-state index contributed by atoms with van der Waals surface area (Å²) in [7, 11) is 0. The summed E-state index contributed by atoms with van der Waals surface area (Å²) in [5.41, 5.74) is 1.81. The van der Waals surface area contributed by atoms with E-state index in [-0.39, 0.29) is 12.4 Å². The zero-order chi connectivity index (χ0) is 17.8. The molecular weight excluding hydrogens is 321 g/mol. The molecular formula is C18H22FN5O. The minimum atomic E-state index is -0.420. The molecule has 0 spiro atoms. The number of aromatic nitrogens is 2. The second kappa shape index (κ2) is 7.46. The van der Waals surface area contributed by atoms with Crippen LogP contribution in [0.1, 0.15) is 29.9 Å². The first-order valence-electron chi connectivity index (χ1n) is 8.42. The molecule has 2 amide bonds. The highest BCUT2D eigenvalue weighted by molar-refractivity contribution is 5.89. The lowest BCUT2D eigenvalue weighted by Crippen LogP contribution is -2.29. The van der Waals surface area contributed by atoms with Gasteiger partial charge in [0.25, 0.3) is 0 Å². The summed E-state index contributed by atoms with van der Waals surface area (Å²) in [5.74, 6) is 1.12. The SMILES string of the molecule is Cc1cc(N2CCCC2)nc(CNC(=O)Nc2ccc(C)c(F)c2)n1. The van der Waals surface area contributed by atoms with Gasteiger partial charge >= 0.3 is 6.03 Å². The molecule has 2 N–H and O–H groups in total. The van der Waals surface area contributed by atoms with E-state index in [2.05, 4.69) is 25.5 Å². The van der Waals surface area contributed by atoms with Crippen LogP contribution in [0.3, 0.4) is 0 Å². The highest BCUT2D eigenvalue weighted by Gasteiger charge is 2.15. The largest absolute Gasteiger partial charge is 0.357 e. The van der Waals surface area contributed by atoms with E-state index in [1.165, 1.54) is 18.9 Å². The second-order valence-electron chi connectivity index (χ2n) is 6.25. The molecule has 1 aliphatic rings. The van der Waals surface area contributed by atoms with Crippen LogP contribution in [0.2, 0.25) is 0 Å². The van der Waals surface area contributed by atoms with E-state index in [1.54, 1.807) is 19.1 Å². The number of carbonyl (C=O) groups is 1. The van der Waals surface area contributed by atoms with Crippen LogP contribution < -0.4 is 15.5 Å². The Hall–Kier alpha value is -2.70. The van der Waals surface area contributed by atoms with Gasteiger partial charge in [0.15, 0.2) is 0 Å². The molecule has 0 unspecified atom stereocenters. The van der Waals surface area contributed by atoms with Gasteiger partial charge in [-0.05, 0) is 44.4 Å². The van der Waals surface area contributed by atoms with Crippen molar-refractivity contribution in [1.29, 1.82) is 0 Å². The number of amides is 2. The zero-order valence-electron chi connectivity index (χ0n) is 14.5. The number of nitrogens with zero attached hydrogens (tertiary/aromatic N) is 3. The van der Waals surface area contributed by atoms with Gasteiger partial charge < -0.3 is 15.5 Å². The standard InChI is InChI=1S/C18H22FN5O/c1-12-5-6-14(10-15(12)19)22-18(25)20-11-16-21-13(2)9-17(23-16)24-7-3-4-8-24/h5-6,9-10H,3-4,7-8,11H2,1-2H3,(H2,20,22,25). The van der Waals surface area contributed by atoms with E-state index in [0.29, 0.717) is 17.1 Å². The van der Waals surface area contributed by atoms with Crippen LogP contribution in [0.15, 0.2) is 24.3 Å². The van der Waals surface area contributed by atoms with Crippen LogP contribution in [-0.2, 0) is 6.54 Å². The van der Waals surface area contributed by atoms with Gasteiger partial charge in [-0.2, -0.15) is 0 Å². The molecule has 0 saturated carbocycles. The minimum absolute atomic E-state index is 0.211. The van der Waals surface area contributed by atoms with E-state index in [0.717, 1.165) is 24.6 Å². The van der Waals surface area contributed by atoms with Crippen LogP contribution in [-0.4, -0.2) is 29.1 Å². The molecule has 7 heteroatoms. The van der Waals surface area contributed by atoms with Gasteiger partial charge in [-0.25, -0.2) is 19.2 Å². The fourth-order valence-electron chi connectivity index (χ4n) is 2.80. The van der Waals surface area contributed by atoms with Crippen molar-refractivity contribution in [3.63, 3.8) is 0 Å². The molecule has 0 aliphatic carbocycles. The van der Waals surface area contributed by atoms with E-state index in [4.69, 9.17) is 0 Å². The predicted octanol–water partition coefficient (Wildman–Crippen LogP) is 3.15.